The molecule has 1 aromatic heterocycles. The summed E-state index contributed by atoms with van der Waals surface area (Å²) >= 11 is 0. The van der Waals surface area contributed by atoms with E-state index in [4.69, 9.17) is 9.15 Å². The third-order valence-electron chi connectivity index (χ3n) is 4.39. The number of hydrogen-bond donors (Lipinski definition) is 1. The molecule has 25 heavy (non-hydrogen) atoms. The molecule has 3 rings (SSSR count). The SMILES string of the molecule is COc1ccc(C)cc1C(C)NC(=O)Cc1coc2cc(C)ccc12. The van der Waals surface area contributed by atoms with Gasteiger partial charge in [0.25, 0.3) is 0 Å². The van der Waals surface area contributed by atoms with E-state index < -0.39 is 0 Å². The van der Waals surface area contributed by atoms with Gasteiger partial charge in [0.2, 0.25) is 5.91 Å². The van der Waals surface area contributed by atoms with E-state index >= 15 is 0 Å². The first kappa shape index (κ1) is 17.1. The Hall–Kier alpha value is -2.75. The van der Waals surface area contributed by atoms with Crippen molar-refractivity contribution < 1.29 is 13.9 Å². The summed E-state index contributed by atoms with van der Waals surface area (Å²) in [7, 11) is 1.64. The van der Waals surface area contributed by atoms with Gasteiger partial charge in [0.05, 0.1) is 25.8 Å². The molecule has 0 aliphatic carbocycles. The number of hydrogen-bond acceptors (Lipinski definition) is 3. The van der Waals surface area contributed by atoms with E-state index in [2.05, 4.69) is 5.32 Å². The summed E-state index contributed by atoms with van der Waals surface area (Å²) in [5, 5.41) is 4.04. The van der Waals surface area contributed by atoms with E-state index in [9.17, 15) is 4.79 Å². The molecule has 0 saturated heterocycles. The van der Waals surface area contributed by atoms with Crippen LogP contribution in [0.15, 0.2) is 47.1 Å². The van der Waals surface area contributed by atoms with E-state index in [0.29, 0.717) is 0 Å². The lowest BCUT2D eigenvalue weighted by molar-refractivity contribution is -0.121. The Balaban J connectivity index is 1.74. The van der Waals surface area contributed by atoms with Crippen molar-refractivity contribution in [3.05, 3.63) is 64.9 Å². The zero-order valence-corrected chi connectivity index (χ0v) is 15.1. The van der Waals surface area contributed by atoms with Gasteiger partial charge >= 0.3 is 0 Å². The van der Waals surface area contributed by atoms with E-state index in [0.717, 1.165) is 39.0 Å². The summed E-state index contributed by atoms with van der Waals surface area (Å²) in [5.74, 6) is 0.738. The maximum atomic E-state index is 12.5. The van der Waals surface area contributed by atoms with E-state index in [-0.39, 0.29) is 18.4 Å². The zero-order chi connectivity index (χ0) is 18.0. The van der Waals surface area contributed by atoms with Crippen LogP contribution in [-0.2, 0) is 11.2 Å². The standard InChI is InChI=1S/C21H23NO3/c1-13-6-8-19(24-4)18(9-13)15(3)22-21(23)11-16-12-25-20-10-14(2)5-7-17(16)20/h5-10,12,15H,11H2,1-4H3,(H,22,23). The van der Waals surface area contributed by atoms with Crippen LogP contribution in [0.2, 0.25) is 0 Å². The molecular formula is C21H23NO3. The number of furan rings is 1. The highest BCUT2D eigenvalue weighted by Crippen LogP contribution is 2.27. The van der Waals surface area contributed by atoms with Crippen LogP contribution in [0.4, 0.5) is 0 Å². The Labute approximate surface area is 147 Å². The van der Waals surface area contributed by atoms with Crippen molar-refractivity contribution >= 4 is 16.9 Å². The van der Waals surface area contributed by atoms with Gasteiger partial charge in [0, 0.05) is 16.5 Å². The fourth-order valence-corrected chi connectivity index (χ4v) is 3.06. The molecule has 130 valence electrons. The Morgan fingerprint density at radius 1 is 1.16 bits per heavy atom. The van der Waals surface area contributed by atoms with Crippen molar-refractivity contribution in [3.8, 4) is 5.75 Å². The second-order valence-corrected chi connectivity index (χ2v) is 6.47. The molecule has 0 fully saturated rings. The zero-order valence-electron chi connectivity index (χ0n) is 15.1. The summed E-state index contributed by atoms with van der Waals surface area (Å²) < 4.78 is 11.0. The highest BCUT2D eigenvalue weighted by atomic mass is 16.5. The molecule has 1 atom stereocenters. The molecule has 1 amide bonds. The summed E-state index contributed by atoms with van der Waals surface area (Å²) in [6.07, 6.45) is 1.95. The van der Waals surface area contributed by atoms with Gasteiger partial charge in [-0.2, -0.15) is 0 Å². The molecule has 3 aromatic rings. The van der Waals surface area contributed by atoms with E-state index in [1.165, 1.54) is 0 Å². The predicted molar refractivity (Wildman–Crippen MR) is 98.9 cm³/mol. The first-order valence-corrected chi connectivity index (χ1v) is 8.38. The van der Waals surface area contributed by atoms with E-state index in [1.54, 1.807) is 13.4 Å². The Morgan fingerprint density at radius 3 is 2.64 bits per heavy atom. The Morgan fingerprint density at radius 2 is 1.88 bits per heavy atom. The maximum absolute atomic E-state index is 12.5. The number of carbonyl (C=O) groups excluding carboxylic acids is 1. The first-order valence-electron chi connectivity index (χ1n) is 8.38. The molecule has 1 unspecified atom stereocenters. The molecule has 4 heteroatoms. The van der Waals surface area contributed by atoms with Crippen molar-refractivity contribution in [2.45, 2.75) is 33.2 Å². The average Bonchev–Trinajstić information content (AvgIpc) is 2.96. The topological polar surface area (TPSA) is 51.5 Å². The number of benzene rings is 2. The number of nitrogens with one attached hydrogen (secondary N) is 1. The molecule has 1 N–H and O–H groups in total. The molecule has 0 saturated carbocycles. The summed E-state index contributed by atoms with van der Waals surface area (Å²) in [6, 6.07) is 11.8. The van der Waals surface area contributed by atoms with Gasteiger partial charge in [0.1, 0.15) is 11.3 Å². The number of methoxy groups -OCH3 is 1. The number of ether oxygens (including phenoxy) is 1. The number of fused-ring (bicyclic) bond motifs is 1. The van der Waals surface area contributed by atoms with Crippen LogP contribution < -0.4 is 10.1 Å². The Bertz CT molecular complexity index is 911. The van der Waals surface area contributed by atoms with Crippen LogP contribution >= 0.6 is 0 Å². The minimum absolute atomic E-state index is 0.0423. The largest absolute Gasteiger partial charge is 0.496 e. The van der Waals surface area contributed by atoms with Crippen LogP contribution in [0.3, 0.4) is 0 Å². The van der Waals surface area contributed by atoms with Gasteiger partial charge in [-0.1, -0.05) is 29.8 Å². The lowest BCUT2D eigenvalue weighted by Gasteiger charge is -2.18. The molecule has 0 spiro atoms. The molecule has 2 aromatic carbocycles. The molecule has 4 nitrogen and oxygen atoms in total. The molecule has 0 aliphatic rings. The second-order valence-electron chi connectivity index (χ2n) is 6.47. The number of carbonyl (C=O) groups is 1. The van der Waals surface area contributed by atoms with Crippen molar-refractivity contribution in [3.63, 3.8) is 0 Å². The van der Waals surface area contributed by atoms with Crippen LogP contribution in [-0.4, -0.2) is 13.0 Å². The van der Waals surface area contributed by atoms with Crippen molar-refractivity contribution in [1.82, 2.24) is 5.32 Å². The molecular weight excluding hydrogens is 314 g/mol. The molecule has 0 radical (unpaired) electrons. The first-order chi connectivity index (χ1) is 12.0. The Kier molecular flexibility index (Phi) is 4.79. The summed E-state index contributed by atoms with van der Waals surface area (Å²) in [6.45, 7) is 6.01. The fourth-order valence-electron chi connectivity index (χ4n) is 3.06. The number of amides is 1. The molecule has 0 bridgehead atoms. The summed E-state index contributed by atoms with van der Waals surface area (Å²) in [5.41, 5.74) is 4.96. The number of aryl methyl sites for hydroxylation is 2. The van der Waals surface area contributed by atoms with Crippen molar-refractivity contribution in [1.29, 1.82) is 0 Å². The van der Waals surface area contributed by atoms with Gasteiger partial charge in [-0.3, -0.25) is 4.79 Å². The van der Waals surface area contributed by atoms with Crippen LogP contribution in [0.1, 0.15) is 35.2 Å². The van der Waals surface area contributed by atoms with Crippen LogP contribution in [0.5, 0.6) is 5.75 Å². The highest BCUT2D eigenvalue weighted by Gasteiger charge is 2.16. The maximum Gasteiger partial charge on any atom is 0.225 e. The van der Waals surface area contributed by atoms with Crippen molar-refractivity contribution in [2.75, 3.05) is 7.11 Å². The normalized spacial score (nSPS) is 12.2. The molecule has 0 aliphatic heterocycles. The monoisotopic (exact) mass is 337 g/mol. The van der Waals surface area contributed by atoms with Gasteiger partial charge in [-0.05, 0) is 38.5 Å². The number of rotatable bonds is 5. The van der Waals surface area contributed by atoms with Gasteiger partial charge in [-0.25, -0.2) is 0 Å². The minimum atomic E-state index is -0.136. The predicted octanol–water partition coefficient (Wildman–Crippen LogP) is 4.48. The lowest BCUT2D eigenvalue weighted by atomic mass is 10.0. The van der Waals surface area contributed by atoms with Gasteiger partial charge < -0.3 is 14.5 Å². The quantitative estimate of drug-likeness (QED) is 0.747. The van der Waals surface area contributed by atoms with Gasteiger partial charge in [-0.15, -0.1) is 0 Å². The fraction of sp³-hybridized carbons (Fsp3) is 0.286. The second kappa shape index (κ2) is 7.01. The average molecular weight is 337 g/mol. The minimum Gasteiger partial charge on any atom is -0.496 e. The van der Waals surface area contributed by atoms with Crippen LogP contribution in [0.25, 0.3) is 11.0 Å². The molecule has 1 heterocycles. The van der Waals surface area contributed by atoms with E-state index in [1.807, 2.05) is 57.2 Å². The smallest absolute Gasteiger partial charge is 0.225 e. The third kappa shape index (κ3) is 3.68. The highest BCUT2D eigenvalue weighted by molar-refractivity contribution is 5.88. The van der Waals surface area contributed by atoms with Crippen molar-refractivity contribution in [2.24, 2.45) is 0 Å². The lowest BCUT2D eigenvalue weighted by Crippen LogP contribution is -2.28. The van der Waals surface area contributed by atoms with Crippen LogP contribution in [0, 0.1) is 13.8 Å². The summed E-state index contributed by atoms with van der Waals surface area (Å²) in [4.78, 5) is 12.5. The third-order valence-corrected chi connectivity index (χ3v) is 4.39. The van der Waals surface area contributed by atoms with Gasteiger partial charge in [0.15, 0.2) is 0 Å².